The molecule has 0 aromatic heterocycles. The number of carbonyl (C=O) groups is 2. The molecule has 0 saturated carbocycles. The van der Waals surface area contributed by atoms with E-state index in [1.165, 1.54) is 6.07 Å². The van der Waals surface area contributed by atoms with E-state index in [9.17, 15) is 19.7 Å². The fraction of sp³-hybridized carbons (Fsp3) is 0.176. The molecule has 136 valence electrons. The molecule has 0 saturated heterocycles. The monoisotopic (exact) mass is 377 g/mol. The van der Waals surface area contributed by atoms with Gasteiger partial charge in [0.2, 0.25) is 0 Å². The zero-order valence-corrected chi connectivity index (χ0v) is 14.5. The van der Waals surface area contributed by atoms with Gasteiger partial charge in [0.25, 0.3) is 11.6 Å². The second-order valence-corrected chi connectivity index (χ2v) is 5.88. The molecule has 0 aliphatic heterocycles. The Morgan fingerprint density at radius 3 is 2.50 bits per heavy atom. The molecule has 2 rings (SSSR count). The van der Waals surface area contributed by atoms with Gasteiger partial charge in [-0.15, -0.1) is 0 Å². The van der Waals surface area contributed by atoms with Gasteiger partial charge >= 0.3 is 5.97 Å². The largest absolute Gasteiger partial charge is 0.452 e. The van der Waals surface area contributed by atoms with Gasteiger partial charge in [0.1, 0.15) is 0 Å². The third-order valence-corrected chi connectivity index (χ3v) is 3.80. The number of amides is 1. The highest BCUT2D eigenvalue weighted by Gasteiger charge is 2.17. The number of esters is 1. The molecule has 2 aromatic rings. The third-order valence-electron chi connectivity index (χ3n) is 3.55. The zero-order chi connectivity index (χ0) is 19.3. The summed E-state index contributed by atoms with van der Waals surface area (Å²) in [6.07, 6.45) is 0. The van der Waals surface area contributed by atoms with Gasteiger partial charge in [-0.05, 0) is 30.7 Å². The van der Waals surface area contributed by atoms with Crippen molar-refractivity contribution in [2.75, 3.05) is 12.3 Å². The summed E-state index contributed by atoms with van der Waals surface area (Å²) in [5.74, 6) is -1.34. The van der Waals surface area contributed by atoms with Crippen molar-refractivity contribution < 1.29 is 19.2 Å². The van der Waals surface area contributed by atoms with Gasteiger partial charge < -0.3 is 15.8 Å². The first-order chi connectivity index (χ1) is 12.3. The quantitative estimate of drug-likeness (QED) is 0.345. The molecule has 0 aliphatic carbocycles. The van der Waals surface area contributed by atoms with Crippen molar-refractivity contribution in [3.05, 3.63) is 68.7 Å². The second-order valence-electron chi connectivity index (χ2n) is 5.45. The van der Waals surface area contributed by atoms with Crippen molar-refractivity contribution >= 4 is 34.9 Å². The summed E-state index contributed by atoms with van der Waals surface area (Å²) in [5.41, 5.74) is 6.07. The number of nitrogen functional groups attached to an aromatic ring is 1. The van der Waals surface area contributed by atoms with Crippen LogP contribution in [0.5, 0.6) is 0 Å². The average molecular weight is 378 g/mol. The van der Waals surface area contributed by atoms with Crippen molar-refractivity contribution in [3.63, 3.8) is 0 Å². The summed E-state index contributed by atoms with van der Waals surface area (Å²) in [6, 6.07) is 10.0. The van der Waals surface area contributed by atoms with Crippen LogP contribution in [0.3, 0.4) is 0 Å². The molecule has 0 aliphatic rings. The maximum absolute atomic E-state index is 12.0. The van der Waals surface area contributed by atoms with E-state index >= 15 is 0 Å². The Morgan fingerprint density at radius 1 is 1.27 bits per heavy atom. The molecule has 1 unspecified atom stereocenters. The van der Waals surface area contributed by atoms with Gasteiger partial charge in [0, 0.05) is 17.2 Å². The number of ether oxygens (including phenoxy) is 1. The Labute approximate surface area is 154 Å². The standard InChI is InChI=1S/C17H16ClN3O5/c1-10(11-2-4-12(18)5-3-11)20-16(22)9-26-17(23)14-7-6-13(21(24)25)8-15(14)19/h2-8,10H,9,19H2,1H3,(H,20,22). The lowest BCUT2D eigenvalue weighted by atomic mass is 10.1. The lowest BCUT2D eigenvalue weighted by molar-refractivity contribution is -0.384. The first-order valence-corrected chi connectivity index (χ1v) is 7.91. The van der Waals surface area contributed by atoms with Gasteiger partial charge in [-0.3, -0.25) is 14.9 Å². The number of hydrogen-bond donors (Lipinski definition) is 2. The van der Waals surface area contributed by atoms with Crippen molar-refractivity contribution in [2.24, 2.45) is 0 Å². The lowest BCUT2D eigenvalue weighted by Crippen LogP contribution is -2.31. The number of nitrogens with zero attached hydrogens (tertiary/aromatic N) is 1. The van der Waals surface area contributed by atoms with Crippen LogP contribution in [0.15, 0.2) is 42.5 Å². The minimum atomic E-state index is -0.841. The zero-order valence-electron chi connectivity index (χ0n) is 13.8. The number of benzene rings is 2. The van der Waals surface area contributed by atoms with Crippen LogP contribution < -0.4 is 11.1 Å². The average Bonchev–Trinajstić information content (AvgIpc) is 2.60. The van der Waals surface area contributed by atoms with Crippen LogP contribution in [-0.2, 0) is 9.53 Å². The van der Waals surface area contributed by atoms with E-state index in [2.05, 4.69) is 5.32 Å². The van der Waals surface area contributed by atoms with Crippen LogP contribution in [0.4, 0.5) is 11.4 Å². The van der Waals surface area contributed by atoms with E-state index in [0.717, 1.165) is 17.7 Å². The highest BCUT2D eigenvalue weighted by atomic mass is 35.5. The maximum Gasteiger partial charge on any atom is 0.340 e. The van der Waals surface area contributed by atoms with Crippen molar-refractivity contribution in [2.45, 2.75) is 13.0 Å². The van der Waals surface area contributed by atoms with E-state index in [1.807, 2.05) is 0 Å². The topological polar surface area (TPSA) is 125 Å². The molecule has 1 atom stereocenters. The SMILES string of the molecule is CC(NC(=O)COC(=O)c1ccc([N+](=O)[O-])cc1N)c1ccc(Cl)cc1. The molecule has 0 radical (unpaired) electrons. The number of nitro groups is 1. The molecule has 0 spiro atoms. The first kappa shape index (κ1) is 19.2. The van der Waals surface area contributed by atoms with Gasteiger partial charge in [-0.25, -0.2) is 4.79 Å². The van der Waals surface area contributed by atoms with Crippen LogP contribution in [0, 0.1) is 10.1 Å². The number of nitro benzene ring substituents is 1. The van der Waals surface area contributed by atoms with Crippen molar-refractivity contribution in [3.8, 4) is 0 Å². The number of nitrogens with one attached hydrogen (secondary N) is 1. The van der Waals surface area contributed by atoms with E-state index in [-0.39, 0.29) is 23.0 Å². The second kappa shape index (κ2) is 8.30. The normalized spacial score (nSPS) is 11.5. The summed E-state index contributed by atoms with van der Waals surface area (Å²) in [5, 5.41) is 13.9. The fourth-order valence-corrected chi connectivity index (χ4v) is 2.30. The molecular weight excluding hydrogens is 362 g/mol. The summed E-state index contributed by atoms with van der Waals surface area (Å²) in [4.78, 5) is 33.9. The summed E-state index contributed by atoms with van der Waals surface area (Å²) >= 11 is 5.81. The number of halogens is 1. The van der Waals surface area contributed by atoms with Gasteiger partial charge in [-0.1, -0.05) is 23.7 Å². The number of hydrogen-bond acceptors (Lipinski definition) is 6. The molecular formula is C17H16ClN3O5. The Kier molecular flexibility index (Phi) is 6.13. The number of nitrogens with two attached hydrogens (primary N) is 1. The summed E-state index contributed by atoms with van der Waals surface area (Å²) in [6.45, 7) is 1.27. The van der Waals surface area contributed by atoms with Gasteiger partial charge in [-0.2, -0.15) is 0 Å². The van der Waals surface area contributed by atoms with E-state index in [0.29, 0.717) is 5.02 Å². The highest BCUT2D eigenvalue weighted by molar-refractivity contribution is 6.30. The molecule has 9 heteroatoms. The first-order valence-electron chi connectivity index (χ1n) is 7.54. The van der Waals surface area contributed by atoms with Crippen LogP contribution in [0.2, 0.25) is 5.02 Å². The molecule has 0 fully saturated rings. The molecule has 0 heterocycles. The minimum Gasteiger partial charge on any atom is -0.452 e. The molecule has 3 N–H and O–H groups in total. The predicted octanol–water partition coefficient (Wildman–Crippen LogP) is 2.86. The van der Waals surface area contributed by atoms with E-state index < -0.39 is 23.4 Å². The van der Waals surface area contributed by atoms with Crippen LogP contribution >= 0.6 is 11.6 Å². The summed E-state index contributed by atoms with van der Waals surface area (Å²) < 4.78 is 4.90. The molecule has 1 amide bonds. The minimum absolute atomic E-state index is 0.0471. The Hall–Kier alpha value is -3.13. The van der Waals surface area contributed by atoms with E-state index in [1.54, 1.807) is 31.2 Å². The third kappa shape index (κ3) is 4.93. The maximum atomic E-state index is 12.0. The molecule has 8 nitrogen and oxygen atoms in total. The number of carbonyl (C=O) groups excluding carboxylic acids is 2. The van der Waals surface area contributed by atoms with Gasteiger partial charge in [0.15, 0.2) is 6.61 Å². The lowest BCUT2D eigenvalue weighted by Gasteiger charge is -2.14. The Bertz CT molecular complexity index is 839. The van der Waals surface area contributed by atoms with Crippen molar-refractivity contribution in [1.82, 2.24) is 5.32 Å². The Morgan fingerprint density at radius 2 is 1.92 bits per heavy atom. The van der Waals surface area contributed by atoms with Crippen LogP contribution in [0.1, 0.15) is 28.9 Å². The number of anilines is 1. The predicted molar refractivity (Wildman–Crippen MR) is 95.8 cm³/mol. The van der Waals surface area contributed by atoms with Crippen molar-refractivity contribution in [1.29, 1.82) is 0 Å². The number of rotatable bonds is 6. The summed E-state index contributed by atoms with van der Waals surface area (Å²) in [7, 11) is 0. The van der Waals surface area contributed by atoms with Gasteiger partial charge in [0.05, 0.1) is 22.2 Å². The highest BCUT2D eigenvalue weighted by Crippen LogP contribution is 2.20. The Balaban J connectivity index is 1.91. The molecule has 2 aromatic carbocycles. The smallest absolute Gasteiger partial charge is 0.340 e. The van der Waals surface area contributed by atoms with Crippen LogP contribution in [0.25, 0.3) is 0 Å². The molecule has 0 bridgehead atoms. The van der Waals surface area contributed by atoms with Crippen LogP contribution in [-0.4, -0.2) is 23.4 Å². The molecule has 26 heavy (non-hydrogen) atoms. The number of non-ortho nitro benzene ring substituents is 1. The van der Waals surface area contributed by atoms with E-state index in [4.69, 9.17) is 22.1 Å². The fourth-order valence-electron chi connectivity index (χ4n) is 2.18.